The Labute approximate surface area is 155 Å². The molecule has 27 heavy (non-hydrogen) atoms. The minimum Gasteiger partial charge on any atom is -0.370 e. The Hall–Kier alpha value is -2.59. The standard InChI is InChI=1S/C17H22F2N4O4/c1-3-22(2)14(16(20)25)17(26)21-12-5-4-10(8-11(12)15(18)19)23-6-7-27-9-13(23)24/h4-5,8,14-15H,3,6-7,9H2,1-2H3,(H2,20,25)(H,21,26)/t14-/m1/s1. The Morgan fingerprint density at radius 3 is 2.67 bits per heavy atom. The highest BCUT2D eigenvalue weighted by Crippen LogP contribution is 2.32. The number of halogens is 2. The summed E-state index contributed by atoms with van der Waals surface area (Å²) in [7, 11) is 1.52. The van der Waals surface area contributed by atoms with Crippen molar-refractivity contribution < 1.29 is 27.9 Å². The first-order valence-corrected chi connectivity index (χ1v) is 8.36. The van der Waals surface area contributed by atoms with Gasteiger partial charge in [0.2, 0.25) is 5.91 Å². The molecule has 0 saturated carbocycles. The van der Waals surface area contributed by atoms with Gasteiger partial charge in [-0.3, -0.25) is 19.3 Å². The molecule has 1 saturated heterocycles. The van der Waals surface area contributed by atoms with Gasteiger partial charge in [0.05, 0.1) is 6.61 Å². The van der Waals surface area contributed by atoms with Crippen LogP contribution in [0.2, 0.25) is 0 Å². The maximum Gasteiger partial charge on any atom is 0.265 e. The number of likely N-dealkylation sites (N-methyl/N-ethyl adjacent to an activating group) is 1. The van der Waals surface area contributed by atoms with E-state index < -0.39 is 29.8 Å². The highest BCUT2D eigenvalue weighted by molar-refractivity contribution is 6.10. The van der Waals surface area contributed by atoms with Crippen LogP contribution in [0.25, 0.3) is 0 Å². The van der Waals surface area contributed by atoms with Crippen molar-refractivity contribution in [2.45, 2.75) is 19.4 Å². The highest BCUT2D eigenvalue weighted by Gasteiger charge is 2.29. The van der Waals surface area contributed by atoms with E-state index >= 15 is 0 Å². The molecule has 0 aromatic heterocycles. The smallest absolute Gasteiger partial charge is 0.265 e. The van der Waals surface area contributed by atoms with Crippen LogP contribution >= 0.6 is 0 Å². The number of alkyl halides is 2. The quantitative estimate of drug-likeness (QED) is 0.675. The van der Waals surface area contributed by atoms with E-state index in [1.54, 1.807) is 6.92 Å². The second-order valence-electron chi connectivity index (χ2n) is 6.04. The summed E-state index contributed by atoms with van der Waals surface area (Å²) in [6.45, 7) is 2.52. The van der Waals surface area contributed by atoms with Gasteiger partial charge in [-0.2, -0.15) is 0 Å². The third-order valence-electron chi connectivity index (χ3n) is 4.28. The van der Waals surface area contributed by atoms with Gasteiger partial charge < -0.3 is 20.7 Å². The molecule has 0 bridgehead atoms. The van der Waals surface area contributed by atoms with Crippen LogP contribution < -0.4 is 16.0 Å². The molecule has 1 fully saturated rings. The van der Waals surface area contributed by atoms with Gasteiger partial charge in [0, 0.05) is 23.5 Å². The SMILES string of the molecule is CCN(C)[C@H](C(N)=O)C(=O)Nc1ccc(N2CCOCC2=O)cc1C(F)F. The number of nitrogens with two attached hydrogens (primary N) is 1. The van der Waals surface area contributed by atoms with E-state index in [1.807, 2.05) is 0 Å². The van der Waals surface area contributed by atoms with Crippen LogP contribution in [0, 0.1) is 0 Å². The number of morpholine rings is 1. The molecular formula is C17H22F2N4O4. The highest BCUT2D eigenvalue weighted by atomic mass is 19.3. The summed E-state index contributed by atoms with van der Waals surface area (Å²) < 4.78 is 32.1. The van der Waals surface area contributed by atoms with Gasteiger partial charge in [-0.25, -0.2) is 8.78 Å². The molecule has 0 spiro atoms. The van der Waals surface area contributed by atoms with Crippen LogP contribution in [0.4, 0.5) is 20.2 Å². The molecule has 10 heteroatoms. The number of carbonyl (C=O) groups excluding carboxylic acids is 3. The van der Waals surface area contributed by atoms with Gasteiger partial charge in [-0.05, 0) is 31.8 Å². The number of amides is 3. The lowest BCUT2D eigenvalue weighted by atomic mass is 10.1. The van der Waals surface area contributed by atoms with Gasteiger partial charge >= 0.3 is 0 Å². The fourth-order valence-electron chi connectivity index (χ4n) is 2.73. The van der Waals surface area contributed by atoms with Gasteiger partial charge in [-0.1, -0.05) is 6.92 Å². The zero-order valence-electron chi connectivity index (χ0n) is 15.1. The Morgan fingerprint density at radius 2 is 2.11 bits per heavy atom. The van der Waals surface area contributed by atoms with E-state index in [9.17, 15) is 23.2 Å². The second kappa shape index (κ2) is 8.87. The van der Waals surface area contributed by atoms with E-state index in [0.29, 0.717) is 13.2 Å². The molecule has 0 radical (unpaired) electrons. The third kappa shape index (κ3) is 4.77. The van der Waals surface area contributed by atoms with Crippen molar-refractivity contribution >= 4 is 29.1 Å². The fraction of sp³-hybridized carbons (Fsp3) is 0.471. The molecule has 1 heterocycles. The lowest BCUT2D eigenvalue weighted by Gasteiger charge is -2.28. The summed E-state index contributed by atoms with van der Waals surface area (Å²) in [6.07, 6.45) is -2.90. The van der Waals surface area contributed by atoms with E-state index in [4.69, 9.17) is 10.5 Å². The number of ether oxygens (including phenoxy) is 1. The average molecular weight is 384 g/mol. The van der Waals surface area contributed by atoms with Gasteiger partial charge in [0.1, 0.15) is 6.61 Å². The lowest BCUT2D eigenvalue weighted by molar-refractivity contribution is -0.131. The maximum atomic E-state index is 13.5. The Bertz CT molecular complexity index is 729. The number of anilines is 2. The predicted molar refractivity (Wildman–Crippen MR) is 94.5 cm³/mol. The lowest BCUT2D eigenvalue weighted by Crippen LogP contribution is -2.50. The summed E-state index contributed by atoms with van der Waals surface area (Å²) in [6, 6.07) is 2.59. The predicted octanol–water partition coefficient (Wildman–Crippen LogP) is 0.731. The van der Waals surface area contributed by atoms with Crippen LogP contribution in [0.1, 0.15) is 18.9 Å². The first kappa shape index (κ1) is 20.7. The van der Waals surface area contributed by atoms with Crippen molar-refractivity contribution in [3.63, 3.8) is 0 Å². The Balaban J connectivity index is 2.30. The van der Waals surface area contributed by atoms with Crippen LogP contribution in [-0.2, 0) is 19.1 Å². The van der Waals surface area contributed by atoms with Gasteiger partial charge in [-0.15, -0.1) is 0 Å². The first-order chi connectivity index (χ1) is 12.8. The molecule has 8 nitrogen and oxygen atoms in total. The third-order valence-corrected chi connectivity index (χ3v) is 4.28. The number of rotatable bonds is 7. The largest absolute Gasteiger partial charge is 0.370 e. The average Bonchev–Trinajstić information content (AvgIpc) is 2.62. The van der Waals surface area contributed by atoms with Crippen molar-refractivity contribution in [1.82, 2.24) is 4.90 Å². The minimum atomic E-state index is -2.90. The minimum absolute atomic E-state index is 0.119. The molecule has 1 aromatic carbocycles. The normalized spacial score (nSPS) is 15.9. The van der Waals surface area contributed by atoms with E-state index in [1.165, 1.54) is 29.0 Å². The Kier molecular flexibility index (Phi) is 6.81. The van der Waals surface area contributed by atoms with Crippen LogP contribution in [-0.4, -0.2) is 62.0 Å². The topological polar surface area (TPSA) is 105 Å². The molecule has 2 rings (SSSR count). The molecular weight excluding hydrogens is 362 g/mol. The molecule has 1 aliphatic heterocycles. The van der Waals surface area contributed by atoms with Crippen LogP contribution in [0.5, 0.6) is 0 Å². The number of nitrogens with one attached hydrogen (secondary N) is 1. The second-order valence-corrected chi connectivity index (χ2v) is 6.04. The summed E-state index contributed by atoms with van der Waals surface area (Å²) in [5.41, 5.74) is 4.94. The number of carbonyl (C=O) groups is 3. The first-order valence-electron chi connectivity index (χ1n) is 8.36. The zero-order valence-corrected chi connectivity index (χ0v) is 15.1. The van der Waals surface area contributed by atoms with Crippen LogP contribution in [0.15, 0.2) is 18.2 Å². The summed E-state index contributed by atoms with van der Waals surface area (Å²) in [5.74, 6) is -2.02. The molecule has 0 aliphatic carbocycles. The summed E-state index contributed by atoms with van der Waals surface area (Å²) >= 11 is 0. The van der Waals surface area contributed by atoms with Gasteiger partial charge in [0.15, 0.2) is 6.04 Å². The van der Waals surface area contributed by atoms with Crippen molar-refractivity contribution in [3.05, 3.63) is 23.8 Å². The monoisotopic (exact) mass is 384 g/mol. The maximum absolute atomic E-state index is 13.5. The summed E-state index contributed by atoms with van der Waals surface area (Å²) in [5, 5.41) is 2.34. The van der Waals surface area contributed by atoms with Crippen molar-refractivity contribution in [3.8, 4) is 0 Å². The van der Waals surface area contributed by atoms with E-state index in [0.717, 1.165) is 6.07 Å². The molecule has 0 unspecified atom stereocenters. The zero-order chi connectivity index (χ0) is 20.1. The fourth-order valence-corrected chi connectivity index (χ4v) is 2.73. The molecule has 148 valence electrons. The van der Waals surface area contributed by atoms with E-state index in [-0.39, 0.29) is 30.4 Å². The van der Waals surface area contributed by atoms with Crippen molar-refractivity contribution in [2.75, 3.05) is 43.6 Å². The molecule has 3 N–H and O–H groups in total. The number of primary amides is 1. The van der Waals surface area contributed by atoms with Crippen molar-refractivity contribution in [2.24, 2.45) is 5.73 Å². The van der Waals surface area contributed by atoms with Crippen LogP contribution in [0.3, 0.4) is 0 Å². The van der Waals surface area contributed by atoms with E-state index in [2.05, 4.69) is 5.32 Å². The Morgan fingerprint density at radius 1 is 1.41 bits per heavy atom. The molecule has 1 aromatic rings. The summed E-state index contributed by atoms with van der Waals surface area (Å²) in [4.78, 5) is 38.6. The molecule has 1 aliphatic rings. The molecule has 3 amide bonds. The molecule has 1 atom stereocenters. The number of nitrogens with zero attached hydrogens (tertiary/aromatic N) is 2. The van der Waals surface area contributed by atoms with Gasteiger partial charge in [0.25, 0.3) is 18.2 Å². The van der Waals surface area contributed by atoms with Crippen molar-refractivity contribution in [1.29, 1.82) is 0 Å². The number of benzene rings is 1. The number of hydrogen-bond donors (Lipinski definition) is 2. The number of hydrogen-bond acceptors (Lipinski definition) is 5.